The summed E-state index contributed by atoms with van der Waals surface area (Å²) in [5, 5.41) is 13.9. The topological polar surface area (TPSA) is 95.5 Å². The van der Waals surface area contributed by atoms with Gasteiger partial charge in [0.2, 0.25) is 5.91 Å². The van der Waals surface area contributed by atoms with E-state index < -0.39 is 17.9 Å². The number of nitrogens with one attached hydrogen (secondary N) is 2. The molecule has 1 aliphatic carbocycles. The van der Waals surface area contributed by atoms with Gasteiger partial charge in [0.1, 0.15) is 6.04 Å². The molecule has 6 nitrogen and oxygen atoms in total. The van der Waals surface area contributed by atoms with Gasteiger partial charge in [-0.1, -0.05) is 0 Å². The fraction of sp³-hybridized carbons (Fsp3) is 0.462. The Morgan fingerprint density at radius 1 is 1.40 bits per heavy atom. The number of hydrogen-bond acceptors (Lipinski definition) is 4. The normalized spacial score (nSPS) is 15.4. The van der Waals surface area contributed by atoms with Gasteiger partial charge in [-0.3, -0.25) is 9.59 Å². The molecule has 0 saturated heterocycles. The largest absolute Gasteiger partial charge is 0.480 e. The summed E-state index contributed by atoms with van der Waals surface area (Å²) < 4.78 is 0. The summed E-state index contributed by atoms with van der Waals surface area (Å²) in [6.45, 7) is 1.67. The number of aryl methyl sites for hydroxylation is 1. The van der Waals surface area contributed by atoms with Gasteiger partial charge >= 0.3 is 5.97 Å². The quantitative estimate of drug-likeness (QED) is 0.722. The van der Waals surface area contributed by atoms with Gasteiger partial charge in [-0.2, -0.15) is 0 Å². The predicted octanol–water partition coefficient (Wildman–Crippen LogP) is 0.766. The lowest BCUT2D eigenvalue weighted by Crippen LogP contribution is -2.46. The van der Waals surface area contributed by atoms with Crippen LogP contribution >= 0.6 is 11.3 Å². The molecule has 108 valence electrons. The molecule has 0 aromatic carbocycles. The summed E-state index contributed by atoms with van der Waals surface area (Å²) >= 11 is 1.34. The van der Waals surface area contributed by atoms with E-state index in [9.17, 15) is 14.4 Å². The van der Waals surface area contributed by atoms with Crippen LogP contribution in [0.1, 0.15) is 27.4 Å². The molecule has 2 rings (SSSR count). The van der Waals surface area contributed by atoms with Crippen molar-refractivity contribution in [2.24, 2.45) is 5.92 Å². The van der Waals surface area contributed by atoms with Gasteiger partial charge in [0, 0.05) is 4.88 Å². The zero-order valence-corrected chi connectivity index (χ0v) is 11.8. The Morgan fingerprint density at radius 3 is 2.60 bits per heavy atom. The van der Waals surface area contributed by atoms with Crippen molar-refractivity contribution in [1.82, 2.24) is 10.6 Å². The zero-order chi connectivity index (χ0) is 14.7. The molecular weight excluding hydrogens is 280 g/mol. The Bertz CT molecular complexity index is 536. The lowest BCUT2D eigenvalue weighted by atomic mass is 10.2. The van der Waals surface area contributed by atoms with E-state index in [4.69, 9.17) is 5.11 Å². The van der Waals surface area contributed by atoms with Crippen molar-refractivity contribution in [1.29, 1.82) is 0 Å². The maximum absolute atomic E-state index is 11.7. The van der Waals surface area contributed by atoms with Crippen LogP contribution in [0, 0.1) is 12.8 Å². The van der Waals surface area contributed by atoms with Crippen LogP contribution in [-0.2, 0) is 9.59 Å². The summed E-state index contributed by atoms with van der Waals surface area (Å²) in [4.78, 5) is 35.9. The maximum Gasteiger partial charge on any atom is 0.326 e. The van der Waals surface area contributed by atoms with Crippen LogP contribution in [0.3, 0.4) is 0 Å². The van der Waals surface area contributed by atoms with Crippen molar-refractivity contribution in [3.8, 4) is 0 Å². The van der Waals surface area contributed by atoms with Crippen molar-refractivity contribution >= 4 is 29.1 Å². The van der Waals surface area contributed by atoms with E-state index in [1.54, 1.807) is 6.07 Å². The number of thiophene rings is 1. The van der Waals surface area contributed by atoms with E-state index in [0.717, 1.165) is 17.7 Å². The predicted molar refractivity (Wildman–Crippen MR) is 73.7 cm³/mol. The first-order valence-electron chi connectivity index (χ1n) is 6.34. The van der Waals surface area contributed by atoms with Gasteiger partial charge in [0.15, 0.2) is 0 Å². The molecule has 1 aromatic rings. The van der Waals surface area contributed by atoms with Crippen molar-refractivity contribution in [2.75, 3.05) is 6.54 Å². The average Bonchev–Trinajstić information content (AvgIpc) is 3.14. The highest BCUT2D eigenvalue weighted by Gasteiger charge is 2.37. The molecule has 1 heterocycles. The van der Waals surface area contributed by atoms with E-state index in [1.165, 1.54) is 11.3 Å². The Balaban J connectivity index is 1.80. The van der Waals surface area contributed by atoms with Gasteiger partial charge < -0.3 is 15.7 Å². The minimum atomic E-state index is -1.03. The number of amides is 2. The minimum Gasteiger partial charge on any atom is -0.480 e. The SMILES string of the molecule is Cc1ccc(C(=O)NCC(=O)NC(C(=O)O)C2CC2)s1. The van der Waals surface area contributed by atoms with Crippen molar-refractivity contribution < 1.29 is 19.5 Å². The van der Waals surface area contributed by atoms with Crippen molar-refractivity contribution in [2.45, 2.75) is 25.8 Å². The number of carbonyl (C=O) groups is 3. The monoisotopic (exact) mass is 296 g/mol. The first-order chi connectivity index (χ1) is 9.47. The van der Waals surface area contributed by atoms with Crippen LogP contribution in [0.5, 0.6) is 0 Å². The van der Waals surface area contributed by atoms with E-state index in [2.05, 4.69) is 10.6 Å². The second-order valence-electron chi connectivity index (χ2n) is 4.81. The van der Waals surface area contributed by atoms with Gasteiger partial charge in [-0.05, 0) is 37.8 Å². The minimum absolute atomic E-state index is 0.0205. The highest BCUT2D eigenvalue weighted by atomic mass is 32.1. The Hall–Kier alpha value is -1.89. The molecule has 3 N–H and O–H groups in total. The molecule has 0 spiro atoms. The van der Waals surface area contributed by atoms with Crippen LogP contribution < -0.4 is 10.6 Å². The van der Waals surface area contributed by atoms with Crippen LogP contribution in [0.4, 0.5) is 0 Å². The Labute approximate surface area is 120 Å². The molecule has 2 amide bonds. The smallest absolute Gasteiger partial charge is 0.326 e. The van der Waals surface area contributed by atoms with Gasteiger partial charge in [0.25, 0.3) is 5.91 Å². The summed E-state index contributed by atoms with van der Waals surface area (Å²) in [6, 6.07) is 2.67. The van der Waals surface area contributed by atoms with E-state index in [1.807, 2.05) is 13.0 Å². The molecule has 1 fully saturated rings. The number of aliphatic carboxylic acids is 1. The first kappa shape index (κ1) is 14.5. The first-order valence-corrected chi connectivity index (χ1v) is 7.16. The van der Waals surface area contributed by atoms with Gasteiger partial charge in [-0.15, -0.1) is 11.3 Å². The molecule has 0 radical (unpaired) electrons. The highest BCUT2D eigenvalue weighted by Crippen LogP contribution is 2.32. The molecule has 1 saturated carbocycles. The molecule has 1 aromatic heterocycles. The number of carbonyl (C=O) groups excluding carboxylic acids is 2. The molecule has 0 aliphatic heterocycles. The number of hydrogen-bond donors (Lipinski definition) is 3. The summed E-state index contributed by atoms with van der Waals surface area (Å²) in [5.41, 5.74) is 0. The molecule has 1 aliphatic rings. The second-order valence-corrected chi connectivity index (χ2v) is 6.10. The summed E-state index contributed by atoms with van der Waals surface area (Å²) in [6.07, 6.45) is 1.64. The number of rotatable bonds is 6. The highest BCUT2D eigenvalue weighted by molar-refractivity contribution is 7.13. The lowest BCUT2D eigenvalue weighted by molar-refractivity contribution is -0.142. The van der Waals surface area contributed by atoms with Crippen LogP contribution in [0.25, 0.3) is 0 Å². The Kier molecular flexibility index (Phi) is 4.39. The van der Waals surface area contributed by atoms with E-state index >= 15 is 0 Å². The maximum atomic E-state index is 11.7. The fourth-order valence-corrected chi connectivity index (χ4v) is 2.62. The zero-order valence-electron chi connectivity index (χ0n) is 11.0. The van der Waals surface area contributed by atoms with Crippen LogP contribution in [0.15, 0.2) is 12.1 Å². The lowest BCUT2D eigenvalue weighted by Gasteiger charge is -2.13. The number of carboxylic acid groups (broad SMARTS) is 1. The third-order valence-electron chi connectivity index (χ3n) is 3.05. The fourth-order valence-electron chi connectivity index (χ4n) is 1.84. The van der Waals surface area contributed by atoms with Gasteiger partial charge in [0.05, 0.1) is 11.4 Å². The van der Waals surface area contributed by atoms with E-state index in [0.29, 0.717) is 4.88 Å². The van der Waals surface area contributed by atoms with E-state index in [-0.39, 0.29) is 18.4 Å². The average molecular weight is 296 g/mol. The molecule has 7 heteroatoms. The summed E-state index contributed by atoms with van der Waals surface area (Å²) in [7, 11) is 0. The van der Waals surface area contributed by atoms with Crippen molar-refractivity contribution in [3.05, 3.63) is 21.9 Å². The molecule has 20 heavy (non-hydrogen) atoms. The third-order valence-corrected chi connectivity index (χ3v) is 4.05. The van der Waals surface area contributed by atoms with Crippen LogP contribution in [0.2, 0.25) is 0 Å². The Morgan fingerprint density at radius 2 is 2.10 bits per heavy atom. The number of carboxylic acids is 1. The van der Waals surface area contributed by atoms with Gasteiger partial charge in [-0.25, -0.2) is 4.79 Å². The third kappa shape index (κ3) is 3.80. The molecular formula is C13H16N2O4S. The molecule has 1 atom stereocenters. The standard InChI is InChI=1S/C13H16N2O4S/c1-7-2-5-9(20-7)12(17)14-6-10(16)15-11(13(18)19)8-3-4-8/h2,5,8,11H,3-4,6H2,1H3,(H,14,17)(H,15,16)(H,18,19). The van der Waals surface area contributed by atoms with Crippen molar-refractivity contribution in [3.63, 3.8) is 0 Å². The second kappa shape index (κ2) is 6.04. The van der Waals surface area contributed by atoms with Crippen LogP contribution in [-0.4, -0.2) is 35.5 Å². The molecule has 1 unspecified atom stereocenters. The molecule has 0 bridgehead atoms. The summed E-state index contributed by atoms with van der Waals surface area (Å²) in [5.74, 6) is -1.81.